The Morgan fingerprint density at radius 2 is 1.88 bits per heavy atom. The molecule has 100 valence electrons. The Morgan fingerprint density at radius 3 is 2.53 bits per heavy atom. The lowest BCUT2D eigenvalue weighted by Crippen LogP contribution is -2.34. The summed E-state index contributed by atoms with van der Waals surface area (Å²) in [5.74, 6) is 0.350. The van der Waals surface area contributed by atoms with Crippen LogP contribution < -0.4 is 5.32 Å². The van der Waals surface area contributed by atoms with E-state index in [1.54, 1.807) is 4.31 Å². The van der Waals surface area contributed by atoms with Gasteiger partial charge >= 0.3 is 0 Å². The van der Waals surface area contributed by atoms with E-state index in [2.05, 4.69) is 5.32 Å². The Hall–Kier alpha value is -0.130. The normalized spacial score (nSPS) is 26.4. The third-order valence-electron chi connectivity index (χ3n) is 3.83. The lowest BCUT2D eigenvalue weighted by molar-refractivity contribution is 0.360. The number of nitrogens with zero attached hydrogens (tertiary/aromatic N) is 1. The quantitative estimate of drug-likeness (QED) is 0.759. The molecule has 1 saturated carbocycles. The van der Waals surface area contributed by atoms with E-state index in [0.29, 0.717) is 18.3 Å². The minimum Gasteiger partial charge on any atom is -0.314 e. The summed E-state index contributed by atoms with van der Waals surface area (Å²) in [6, 6.07) is 0.680. The number of sulfonamides is 1. The molecule has 0 unspecified atom stereocenters. The average Bonchev–Trinajstić information content (AvgIpc) is 2.66. The molecule has 0 spiro atoms. The topological polar surface area (TPSA) is 49.4 Å². The van der Waals surface area contributed by atoms with Crippen molar-refractivity contribution in [3.63, 3.8) is 0 Å². The molecule has 1 aliphatic heterocycles. The molecule has 2 aliphatic rings. The fourth-order valence-corrected chi connectivity index (χ4v) is 4.38. The molecule has 0 bridgehead atoms. The standard InChI is InChI=1S/C12H24N2O2S/c15-17(16)11-5-10-14(17)9-4-8-13-12-6-2-1-3-7-12/h12-13H,1-11H2. The Kier molecular flexibility index (Phi) is 4.82. The molecule has 0 radical (unpaired) electrons. The van der Waals surface area contributed by atoms with Crippen LogP contribution in [0.4, 0.5) is 0 Å². The summed E-state index contributed by atoms with van der Waals surface area (Å²) in [7, 11) is -2.89. The van der Waals surface area contributed by atoms with Gasteiger partial charge in [-0.15, -0.1) is 0 Å². The molecule has 0 atom stereocenters. The summed E-state index contributed by atoms with van der Waals surface area (Å²) in [4.78, 5) is 0. The zero-order chi connectivity index (χ0) is 12.1. The monoisotopic (exact) mass is 260 g/mol. The van der Waals surface area contributed by atoms with E-state index in [4.69, 9.17) is 0 Å². The molecular formula is C12H24N2O2S. The van der Waals surface area contributed by atoms with Crippen LogP contribution in [0.15, 0.2) is 0 Å². The highest BCUT2D eigenvalue weighted by molar-refractivity contribution is 7.89. The average molecular weight is 260 g/mol. The smallest absolute Gasteiger partial charge is 0.214 e. The Labute approximate surface area is 105 Å². The molecule has 4 nitrogen and oxygen atoms in total. The van der Waals surface area contributed by atoms with Gasteiger partial charge in [-0.25, -0.2) is 12.7 Å². The Balaban J connectivity index is 1.60. The predicted octanol–water partition coefficient (Wildman–Crippen LogP) is 1.33. The number of rotatable bonds is 5. The zero-order valence-corrected chi connectivity index (χ0v) is 11.3. The Bertz CT molecular complexity index is 323. The molecule has 0 aromatic carbocycles. The summed E-state index contributed by atoms with van der Waals surface area (Å²) in [5.41, 5.74) is 0. The van der Waals surface area contributed by atoms with Gasteiger partial charge in [0.05, 0.1) is 5.75 Å². The van der Waals surface area contributed by atoms with Crippen LogP contribution in [-0.2, 0) is 10.0 Å². The van der Waals surface area contributed by atoms with E-state index < -0.39 is 10.0 Å². The second-order valence-electron chi connectivity index (χ2n) is 5.21. The summed E-state index contributed by atoms with van der Waals surface area (Å²) in [6.07, 6.45) is 8.40. The molecule has 1 saturated heterocycles. The van der Waals surface area contributed by atoms with E-state index in [1.807, 2.05) is 0 Å². The van der Waals surface area contributed by atoms with Crippen molar-refractivity contribution < 1.29 is 8.42 Å². The van der Waals surface area contributed by atoms with Crippen molar-refractivity contribution in [3.05, 3.63) is 0 Å². The fraction of sp³-hybridized carbons (Fsp3) is 1.00. The summed E-state index contributed by atoms with van der Waals surface area (Å²) in [5, 5.41) is 3.55. The molecule has 0 aromatic rings. The van der Waals surface area contributed by atoms with Crippen molar-refractivity contribution in [2.75, 3.05) is 25.4 Å². The molecule has 1 heterocycles. The second kappa shape index (κ2) is 6.16. The van der Waals surface area contributed by atoms with Gasteiger partial charge < -0.3 is 5.32 Å². The van der Waals surface area contributed by atoms with Crippen LogP contribution in [0.3, 0.4) is 0 Å². The zero-order valence-electron chi connectivity index (χ0n) is 10.5. The van der Waals surface area contributed by atoms with E-state index in [1.165, 1.54) is 32.1 Å². The highest BCUT2D eigenvalue weighted by atomic mass is 32.2. The second-order valence-corrected chi connectivity index (χ2v) is 7.30. The molecule has 5 heteroatoms. The maximum atomic E-state index is 11.6. The van der Waals surface area contributed by atoms with Gasteiger partial charge in [-0.3, -0.25) is 0 Å². The van der Waals surface area contributed by atoms with Crippen molar-refractivity contribution in [1.82, 2.24) is 9.62 Å². The van der Waals surface area contributed by atoms with Gasteiger partial charge in [0, 0.05) is 19.1 Å². The van der Waals surface area contributed by atoms with Gasteiger partial charge in [-0.2, -0.15) is 0 Å². The van der Waals surface area contributed by atoms with Crippen molar-refractivity contribution >= 4 is 10.0 Å². The van der Waals surface area contributed by atoms with Gasteiger partial charge in [-0.05, 0) is 32.2 Å². The molecule has 2 fully saturated rings. The molecule has 17 heavy (non-hydrogen) atoms. The van der Waals surface area contributed by atoms with Crippen LogP contribution in [0.1, 0.15) is 44.9 Å². The highest BCUT2D eigenvalue weighted by Gasteiger charge is 2.27. The van der Waals surface area contributed by atoms with Crippen molar-refractivity contribution in [2.45, 2.75) is 51.0 Å². The third-order valence-corrected chi connectivity index (χ3v) is 5.78. The number of hydrogen-bond donors (Lipinski definition) is 1. The summed E-state index contributed by atoms with van der Waals surface area (Å²) >= 11 is 0. The van der Waals surface area contributed by atoms with Gasteiger partial charge in [-0.1, -0.05) is 19.3 Å². The maximum absolute atomic E-state index is 11.6. The van der Waals surface area contributed by atoms with Crippen molar-refractivity contribution in [1.29, 1.82) is 0 Å². The Morgan fingerprint density at radius 1 is 1.12 bits per heavy atom. The SMILES string of the molecule is O=S1(=O)CCCN1CCCNC1CCCCC1. The van der Waals surface area contributed by atoms with E-state index >= 15 is 0 Å². The minimum atomic E-state index is -2.89. The van der Waals surface area contributed by atoms with Gasteiger partial charge in [0.25, 0.3) is 0 Å². The molecule has 1 aliphatic carbocycles. The largest absolute Gasteiger partial charge is 0.314 e. The number of nitrogens with one attached hydrogen (secondary N) is 1. The van der Waals surface area contributed by atoms with E-state index in [-0.39, 0.29) is 0 Å². The van der Waals surface area contributed by atoms with Gasteiger partial charge in [0.15, 0.2) is 0 Å². The van der Waals surface area contributed by atoms with Crippen LogP contribution in [0.25, 0.3) is 0 Å². The fourth-order valence-electron chi connectivity index (χ4n) is 2.81. The van der Waals surface area contributed by atoms with Crippen LogP contribution in [0.2, 0.25) is 0 Å². The molecule has 1 N–H and O–H groups in total. The minimum absolute atomic E-state index is 0.350. The van der Waals surface area contributed by atoms with Crippen LogP contribution >= 0.6 is 0 Å². The highest BCUT2D eigenvalue weighted by Crippen LogP contribution is 2.17. The molecular weight excluding hydrogens is 236 g/mol. The maximum Gasteiger partial charge on any atom is 0.214 e. The first-order valence-electron chi connectivity index (χ1n) is 6.90. The molecule has 0 amide bonds. The van der Waals surface area contributed by atoms with E-state index in [0.717, 1.165) is 25.9 Å². The van der Waals surface area contributed by atoms with Gasteiger partial charge in [0.1, 0.15) is 0 Å². The first-order valence-corrected chi connectivity index (χ1v) is 8.50. The first-order chi connectivity index (χ1) is 8.18. The summed E-state index contributed by atoms with van der Waals surface area (Å²) in [6.45, 7) is 2.38. The van der Waals surface area contributed by atoms with Crippen molar-refractivity contribution in [3.8, 4) is 0 Å². The van der Waals surface area contributed by atoms with Crippen LogP contribution in [-0.4, -0.2) is 44.2 Å². The lowest BCUT2D eigenvalue weighted by Gasteiger charge is -2.23. The number of hydrogen-bond acceptors (Lipinski definition) is 3. The van der Waals surface area contributed by atoms with Crippen LogP contribution in [0.5, 0.6) is 0 Å². The summed E-state index contributed by atoms with van der Waals surface area (Å²) < 4.78 is 24.8. The van der Waals surface area contributed by atoms with Crippen molar-refractivity contribution in [2.24, 2.45) is 0 Å². The van der Waals surface area contributed by atoms with Crippen LogP contribution in [0, 0.1) is 0 Å². The van der Waals surface area contributed by atoms with Gasteiger partial charge in [0.2, 0.25) is 10.0 Å². The lowest BCUT2D eigenvalue weighted by atomic mass is 9.95. The third kappa shape index (κ3) is 3.93. The predicted molar refractivity (Wildman–Crippen MR) is 69.5 cm³/mol. The molecule has 0 aromatic heterocycles. The first kappa shape index (κ1) is 13.3. The molecule has 2 rings (SSSR count). The van der Waals surface area contributed by atoms with E-state index in [9.17, 15) is 8.42 Å².